The number of Topliss-reactive ketones (excluding diaryl/α,β-unsaturated/α-hetero) is 1. The molecule has 0 spiro atoms. The Morgan fingerprint density at radius 3 is 2.43 bits per heavy atom. The van der Waals surface area contributed by atoms with Crippen LogP contribution >= 0.6 is 11.6 Å². The molecule has 0 fully saturated rings. The molecule has 0 aliphatic heterocycles. The van der Waals surface area contributed by atoms with E-state index in [0.717, 1.165) is 0 Å². The van der Waals surface area contributed by atoms with Crippen molar-refractivity contribution < 1.29 is 19.9 Å². The van der Waals surface area contributed by atoms with Gasteiger partial charge in [-0.05, 0) is 48.7 Å². The number of phenolic OH excluding ortho intramolecular Hbond substituents is 1. The van der Waals surface area contributed by atoms with Crippen molar-refractivity contribution in [2.45, 2.75) is 25.6 Å². The maximum atomic E-state index is 12.3. The van der Waals surface area contributed by atoms with E-state index in [2.05, 4.69) is 0 Å². The van der Waals surface area contributed by atoms with Crippen LogP contribution < -0.4 is 0 Å². The molecule has 4 nitrogen and oxygen atoms in total. The van der Waals surface area contributed by atoms with Crippen LogP contribution in [0.2, 0.25) is 10.8 Å². The van der Waals surface area contributed by atoms with Gasteiger partial charge in [-0.3, -0.25) is 4.79 Å². The van der Waals surface area contributed by atoms with Crippen LogP contribution in [0.15, 0.2) is 42.5 Å². The summed E-state index contributed by atoms with van der Waals surface area (Å²) in [5.41, 5.74) is 1.76. The van der Waals surface area contributed by atoms with Gasteiger partial charge >= 0.3 is 7.12 Å². The topological polar surface area (TPSA) is 77.8 Å². The van der Waals surface area contributed by atoms with Gasteiger partial charge in [-0.2, -0.15) is 0 Å². The molecular weight excluding hydrogens is 314 g/mol. The van der Waals surface area contributed by atoms with Gasteiger partial charge in [0.15, 0.2) is 5.78 Å². The summed E-state index contributed by atoms with van der Waals surface area (Å²) < 4.78 is 0. The Balaban J connectivity index is 2.14. The van der Waals surface area contributed by atoms with E-state index in [1.165, 1.54) is 0 Å². The number of benzene rings is 2. The van der Waals surface area contributed by atoms with Crippen LogP contribution in [-0.2, 0) is 6.42 Å². The van der Waals surface area contributed by atoms with Crippen molar-refractivity contribution in [3.8, 4) is 5.75 Å². The largest absolute Gasteiger partial charge is 0.507 e. The molecule has 6 heteroatoms. The molecule has 0 radical (unpaired) electrons. The minimum atomic E-state index is -1.65. The predicted octanol–water partition coefficient (Wildman–Crippen LogP) is 3.01. The van der Waals surface area contributed by atoms with E-state index in [-0.39, 0.29) is 24.4 Å². The summed E-state index contributed by atoms with van der Waals surface area (Å²) in [5.74, 6) is -0.783. The lowest BCUT2D eigenvalue weighted by Gasteiger charge is -2.16. The van der Waals surface area contributed by atoms with E-state index in [0.29, 0.717) is 21.7 Å². The van der Waals surface area contributed by atoms with Crippen LogP contribution in [0, 0.1) is 6.92 Å². The average Bonchev–Trinajstić information content (AvgIpc) is 2.51. The highest BCUT2D eigenvalue weighted by Crippen LogP contribution is 2.29. The average molecular weight is 333 g/mol. The maximum Gasteiger partial charge on any atom is 0.455 e. The van der Waals surface area contributed by atoms with E-state index in [1.807, 2.05) is 0 Å². The summed E-state index contributed by atoms with van der Waals surface area (Å²) in [4.78, 5) is 12.3. The first-order chi connectivity index (χ1) is 10.9. The van der Waals surface area contributed by atoms with Gasteiger partial charge in [0.05, 0.1) is 0 Å². The fourth-order valence-electron chi connectivity index (χ4n) is 2.44. The molecule has 1 unspecified atom stereocenters. The number of aryl methyl sites for hydroxylation is 1. The molecule has 3 N–H and O–H groups in total. The van der Waals surface area contributed by atoms with Crippen LogP contribution in [0.5, 0.6) is 5.75 Å². The molecule has 0 aromatic heterocycles. The molecule has 2 aromatic carbocycles. The maximum absolute atomic E-state index is 12.3. The van der Waals surface area contributed by atoms with Gasteiger partial charge < -0.3 is 15.2 Å². The molecule has 0 saturated heterocycles. The van der Waals surface area contributed by atoms with Crippen LogP contribution in [0.4, 0.5) is 0 Å². The van der Waals surface area contributed by atoms with Crippen molar-refractivity contribution in [1.82, 2.24) is 0 Å². The third kappa shape index (κ3) is 4.58. The Morgan fingerprint density at radius 2 is 1.83 bits per heavy atom. The minimum Gasteiger partial charge on any atom is -0.507 e. The van der Waals surface area contributed by atoms with Crippen molar-refractivity contribution >= 4 is 24.5 Å². The number of para-hydroxylation sites is 1. The third-order valence-electron chi connectivity index (χ3n) is 3.84. The fourth-order valence-corrected chi connectivity index (χ4v) is 2.57. The highest BCUT2D eigenvalue weighted by Gasteiger charge is 2.27. The molecule has 0 aliphatic carbocycles. The van der Waals surface area contributed by atoms with Crippen molar-refractivity contribution in [2.75, 3.05) is 0 Å². The molecule has 23 heavy (non-hydrogen) atoms. The normalized spacial score (nSPS) is 12.0. The Hall–Kier alpha value is -1.82. The van der Waals surface area contributed by atoms with E-state index < -0.39 is 12.9 Å². The summed E-state index contributed by atoms with van der Waals surface area (Å²) in [6.07, 6.45) is 0.164. The summed E-state index contributed by atoms with van der Waals surface area (Å²) >= 11 is 5.79. The van der Waals surface area contributed by atoms with Crippen LogP contribution in [0.25, 0.3) is 0 Å². The van der Waals surface area contributed by atoms with E-state index in [1.54, 1.807) is 49.4 Å². The van der Waals surface area contributed by atoms with E-state index in [4.69, 9.17) is 11.6 Å². The molecule has 0 heterocycles. The zero-order valence-electron chi connectivity index (χ0n) is 12.7. The fraction of sp³-hybridized carbons (Fsp3) is 0.235. The number of hydrogen-bond acceptors (Lipinski definition) is 4. The van der Waals surface area contributed by atoms with Crippen molar-refractivity contribution in [3.05, 3.63) is 64.2 Å². The van der Waals surface area contributed by atoms with Crippen molar-refractivity contribution in [1.29, 1.82) is 0 Å². The minimum absolute atomic E-state index is 0.0350. The Labute approximate surface area is 140 Å². The molecule has 1 atom stereocenters. The van der Waals surface area contributed by atoms with Crippen LogP contribution in [0.3, 0.4) is 0 Å². The first kappa shape index (κ1) is 17.5. The second-order valence-electron chi connectivity index (χ2n) is 5.59. The standard InChI is InChI=1S/C17H18BClO4/c1-11-3-2-4-13(17(11)21)9-14(18(22)23)10-16(20)12-5-7-15(19)8-6-12/h2-8,14,21-23H,9-10H2,1H3. The number of carbonyl (C=O) groups is 1. The highest BCUT2D eigenvalue weighted by atomic mass is 35.5. The number of rotatable bonds is 6. The first-order valence-corrected chi connectivity index (χ1v) is 7.68. The van der Waals surface area contributed by atoms with Crippen LogP contribution in [0.1, 0.15) is 27.9 Å². The Bertz CT molecular complexity index is 685. The summed E-state index contributed by atoms with van der Waals surface area (Å²) in [7, 11) is -1.65. The zero-order chi connectivity index (χ0) is 17.0. The molecule has 120 valence electrons. The molecular formula is C17H18BClO4. The zero-order valence-corrected chi connectivity index (χ0v) is 13.5. The summed E-state index contributed by atoms with van der Waals surface area (Å²) in [6, 6.07) is 11.7. The third-order valence-corrected chi connectivity index (χ3v) is 4.09. The van der Waals surface area contributed by atoms with E-state index >= 15 is 0 Å². The smallest absolute Gasteiger partial charge is 0.455 e. The lowest BCUT2D eigenvalue weighted by Crippen LogP contribution is -2.24. The van der Waals surface area contributed by atoms with Crippen molar-refractivity contribution in [3.63, 3.8) is 0 Å². The predicted molar refractivity (Wildman–Crippen MR) is 90.9 cm³/mol. The van der Waals surface area contributed by atoms with Gasteiger partial charge in [-0.1, -0.05) is 29.8 Å². The van der Waals surface area contributed by atoms with Gasteiger partial charge in [-0.25, -0.2) is 0 Å². The monoisotopic (exact) mass is 332 g/mol. The molecule has 0 bridgehead atoms. The highest BCUT2D eigenvalue weighted by molar-refractivity contribution is 6.43. The van der Waals surface area contributed by atoms with Gasteiger partial charge in [0.2, 0.25) is 0 Å². The number of phenols is 1. The van der Waals surface area contributed by atoms with Gasteiger partial charge in [0, 0.05) is 22.8 Å². The summed E-state index contributed by atoms with van der Waals surface area (Å²) in [5, 5.41) is 29.7. The number of hydrogen-bond donors (Lipinski definition) is 3. The summed E-state index contributed by atoms with van der Waals surface area (Å²) in [6.45, 7) is 1.77. The lowest BCUT2D eigenvalue weighted by atomic mass is 9.66. The van der Waals surface area contributed by atoms with Crippen LogP contribution in [-0.4, -0.2) is 28.1 Å². The van der Waals surface area contributed by atoms with E-state index in [9.17, 15) is 19.9 Å². The quantitative estimate of drug-likeness (QED) is 0.561. The second-order valence-corrected chi connectivity index (χ2v) is 6.03. The molecule has 2 rings (SSSR count). The van der Waals surface area contributed by atoms with Gasteiger partial charge in [0.25, 0.3) is 0 Å². The Kier molecular flexibility index (Phi) is 5.83. The first-order valence-electron chi connectivity index (χ1n) is 7.31. The molecule has 0 amide bonds. The van der Waals surface area contributed by atoms with Gasteiger partial charge in [0.1, 0.15) is 5.75 Å². The van der Waals surface area contributed by atoms with Crippen molar-refractivity contribution in [2.24, 2.45) is 0 Å². The van der Waals surface area contributed by atoms with Gasteiger partial charge in [-0.15, -0.1) is 0 Å². The molecule has 2 aromatic rings. The molecule has 0 aliphatic rings. The number of ketones is 1. The molecule has 0 saturated carbocycles. The number of aromatic hydroxyl groups is 1. The second kappa shape index (κ2) is 7.64. The SMILES string of the molecule is Cc1cccc(CC(CC(=O)c2ccc(Cl)cc2)B(O)O)c1O. The lowest BCUT2D eigenvalue weighted by molar-refractivity contribution is 0.0975. The number of carbonyl (C=O) groups excluding carboxylic acids is 1. The number of halogens is 1. The Morgan fingerprint density at radius 1 is 1.17 bits per heavy atom.